The molecular weight excluding hydrogens is 318 g/mol. The highest BCUT2D eigenvalue weighted by Crippen LogP contribution is 2.38. The van der Waals surface area contributed by atoms with E-state index in [4.69, 9.17) is 4.74 Å². The van der Waals surface area contributed by atoms with Crippen LogP contribution < -0.4 is 4.90 Å². The molecule has 0 fully saturated rings. The van der Waals surface area contributed by atoms with E-state index in [1.807, 2.05) is 35.1 Å². The summed E-state index contributed by atoms with van der Waals surface area (Å²) in [6.45, 7) is 4.85. The third-order valence-electron chi connectivity index (χ3n) is 4.56. The number of benzene rings is 1. The number of carbonyl (C=O) groups excluding carboxylic acids is 1. The van der Waals surface area contributed by atoms with Gasteiger partial charge in [0, 0.05) is 24.9 Å². The molecule has 0 spiro atoms. The third kappa shape index (κ3) is 2.95. The molecule has 1 unspecified atom stereocenters. The van der Waals surface area contributed by atoms with Crippen LogP contribution in [0.5, 0.6) is 0 Å². The number of anilines is 1. The van der Waals surface area contributed by atoms with Crippen molar-refractivity contribution in [3.63, 3.8) is 0 Å². The van der Waals surface area contributed by atoms with Crippen LogP contribution in [-0.4, -0.2) is 36.8 Å². The molecule has 0 radical (unpaired) electrons. The minimum Gasteiger partial charge on any atom is -0.478 e. The molecule has 1 N–H and O–H groups in total. The van der Waals surface area contributed by atoms with E-state index in [2.05, 4.69) is 6.58 Å². The number of ether oxygens (including phenoxy) is 1. The van der Waals surface area contributed by atoms with Gasteiger partial charge in [0.1, 0.15) is 12.0 Å². The number of rotatable bonds is 3. The van der Waals surface area contributed by atoms with Crippen LogP contribution in [-0.2, 0) is 14.3 Å². The molecule has 0 bridgehead atoms. The molecule has 1 aliphatic heterocycles. The van der Waals surface area contributed by atoms with Gasteiger partial charge in [-0.05, 0) is 36.6 Å². The molecule has 0 saturated carbocycles. The first-order valence-corrected chi connectivity index (χ1v) is 8.06. The van der Waals surface area contributed by atoms with Gasteiger partial charge in [0.05, 0.1) is 16.8 Å². The monoisotopic (exact) mass is 337 g/mol. The topological polar surface area (TPSA) is 66.8 Å². The van der Waals surface area contributed by atoms with Crippen molar-refractivity contribution in [1.82, 2.24) is 0 Å². The minimum absolute atomic E-state index is 0.0251. The third-order valence-corrected chi connectivity index (χ3v) is 4.56. The SMILES string of the molecule is C=C1CCCN(C2=CC=C(C(=O)O)C(OC)C2=C=O)c2ccccc21. The zero-order valence-corrected chi connectivity index (χ0v) is 14.0. The second kappa shape index (κ2) is 6.93. The molecule has 0 saturated heterocycles. The van der Waals surface area contributed by atoms with E-state index in [9.17, 15) is 14.7 Å². The summed E-state index contributed by atoms with van der Waals surface area (Å²) in [6, 6.07) is 7.88. The normalized spacial score (nSPS) is 20.2. The Kier molecular flexibility index (Phi) is 4.70. The van der Waals surface area contributed by atoms with Crippen LogP contribution in [0.15, 0.2) is 59.8 Å². The van der Waals surface area contributed by atoms with Gasteiger partial charge in [-0.2, -0.15) is 0 Å². The molecule has 5 nitrogen and oxygen atoms in total. The van der Waals surface area contributed by atoms with E-state index >= 15 is 0 Å². The van der Waals surface area contributed by atoms with E-state index in [1.54, 1.807) is 6.08 Å². The number of para-hydroxylation sites is 1. The average Bonchev–Trinajstić information content (AvgIpc) is 2.79. The number of carboxylic acid groups (broad SMARTS) is 1. The summed E-state index contributed by atoms with van der Waals surface area (Å²) >= 11 is 0. The van der Waals surface area contributed by atoms with Crippen molar-refractivity contribution in [3.05, 3.63) is 65.4 Å². The van der Waals surface area contributed by atoms with Gasteiger partial charge >= 0.3 is 5.97 Å². The van der Waals surface area contributed by atoms with E-state index in [0.29, 0.717) is 12.2 Å². The summed E-state index contributed by atoms with van der Waals surface area (Å²) < 4.78 is 5.30. The van der Waals surface area contributed by atoms with Gasteiger partial charge in [0.25, 0.3) is 0 Å². The molecule has 3 rings (SSSR count). The zero-order valence-electron chi connectivity index (χ0n) is 14.0. The van der Waals surface area contributed by atoms with E-state index in [0.717, 1.165) is 29.7 Å². The lowest BCUT2D eigenvalue weighted by Gasteiger charge is -2.32. The summed E-state index contributed by atoms with van der Waals surface area (Å²) in [7, 11) is 1.39. The fourth-order valence-corrected chi connectivity index (χ4v) is 3.37. The summed E-state index contributed by atoms with van der Waals surface area (Å²) in [6.07, 6.45) is 3.96. The fourth-order valence-electron chi connectivity index (χ4n) is 3.37. The van der Waals surface area contributed by atoms with Crippen molar-refractivity contribution < 1.29 is 19.4 Å². The molecule has 1 aromatic carbocycles. The highest BCUT2D eigenvalue weighted by Gasteiger charge is 2.33. The van der Waals surface area contributed by atoms with Crippen LogP contribution in [0.3, 0.4) is 0 Å². The Bertz CT molecular complexity index is 843. The zero-order chi connectivity index (χ0) is 18.0. The predicted molar refractivity (Wildman–Crippen MR) is 95.9 cm³/mol. The molecule has 1 heterocycles. The predicted octanol–water partition coefficient (Wildman–Crippen LogP) is 2.98. The molecule has 25 heavy (non-hydrogen) atoms. The Balaban J connectivity index is 2.14. The number of aliphatic carboxylic acids is 1. The van der Waals surface area contributed by atoms with Crippen molar-refractivity contribution in [2.24, 2.45) is 0 Å². The maximum Gasteiger partial charge on any atom is 0.334 e. The van der Waals surface area contributed by atoms with Crippen LogP contribution >= 0.6 is 0 Å². The van der Waals surface area contributed by atoms with Gasteiger partial charge in [0.15, 0.2) is 0 Å². The van der Waals surface area contributed by atoms with E-state index in [1.165, 1.54) is 13.2 Å². The summed E-state index contributed by atoms with van der Waals surface area (Å²) in [5, 5.41) is 9.34. The lowest BCUT2D eigenvalue weighted by molar-refractivity contribution is -0.133. The van der Waals surface area contributed by atoms with Crippen LogP contribution in [0, 0.1) is 0 Å². The van der Waals surface area contributed by atoms with E-state index < -0.39 is 12.1 Å². The number of nitrogens with zero attached hydrogens (tertiary/aromatic N) is 1. The minimum atomic E-state index is -1.11. The summed E-state index contributed by atoms with van der Waals surface area (Å²) in [5.41, 5.74) is 3.88. The van der Waals surface area contributed by atoms with Gasteiger partial charge in [0.2, 0.25) is 0 Å². The molecule has 128 valence electrons. The first-order chi connectivity index (χ1) is 12.1. The van der Waals surface area contributed by atoms with Crippen LogP contribution in [0.4, 0.5) is 5.69 Å². The lowest BCUT2D eigenvalue weighted by atomic mass is 9.93. The molecule has 0 amide bonds. The molecular formula is C20H19NO4. The van der Waals surface area contributed by atoms with Crippen molar-refractivity contribution in [1.29, 1.82) is 0 Å². The number of methoxy groups -OCH3 is 1. The Hall–Kier alpha value is -2.88. The van der Waals surface area contributed by atoms with Crippen molar-refractivity contribution in [2.75, 3.05) is 18.6 Å². The molecule has 1 aliphatic carbocycles. The van der Waals surface area contributed by atoms with Crippen molar-refractivity contribution in [3.8, 4) is 0 Å². The number of hydrogen-bond acceptors (Lipinski definition) is 4. The second-order valence-electron chi connectivity index (χ2n) is 5.99. The summed E-state index contributed by atoms with van der Waals surface area (Å²) in [4.78, 5) is 25.1. The number of allylic oxidation sites excluding steroid dienone is 3. The first kappa shape index (κ1) is 17.0. The Morgan fingerprint density at radius 2 is 2.12 bits per heavy atom. The second-order valence-corrected chi connectivity index (χ2v) is 5.99. The average molecular weight is 337 g/mol. The smallest absolute Gasteiger partial charge is 0.334 e. The highest BCUT2D eigenvalue weighted by molar-refractivity contribution is 5.92. The Morgan fingerprint density at radius 3 is 2.80 bits per heavy atom. The van der Waals surface area contributed by atoms with Crippen molar-refractivity contribution >= 4 is 23.2 Å². The van der Waals surface area contributed by atoms with Gasteiger partial charge in [-0.3, -0.25) is 0 Å². The largest absolute Gasteiger partial charge is 0.478 e. The van der Waals surface area contributed by atoms with Crippen LogP contribution in [0.1, 0.15) is 18.4 Å². The van der Waals surface area contributed by atoms with Gasteiger partial charge < -0.3 is 14.7 Å². The number of carbonyl (C=O) groups is 1. The quantitative estimate of drug-likeness (QED) is 0.859. The molecule has 2 aliphatic rings. The van der Waals surface area contributed by atoms with Crippen molar-refractivity contribution in [2.45, 2.75) is 18.9 Å². The Labute approximate surface area is 146 Å². The highest BCUT2D eigenvalue weighted by atomic mass is 16.5. The summed E-state index contributed by atoms with van der Waals surface area (Å²) in [5.74, 6) is 0.793. The van der Waals surface area contributed by atoms with Gasteiger partial charge in [-0.15, -0.1) is 0 Å². The van der Waals surface area contributed by atoms with Gasteiger partial charge in [-0.25, -0.2) is 9.59 Å². The molecule has 1 aromatic rings. The number of fused-ring (bicyclic) bond motifs is 1. The molecule has 0 aromatic heterocycles. The van der Waals surface area contributed by atoms with Gasteiger partial charge in [-0.1, -0.05) is 24.8 Å². The lowest BCUT2D eigenvalue weighted by Crippen LogP contribution is -2.33. The number of hydrogen-bond donors (Lipinski definition) is 1. The van der Waals surface area contributed by atoms with Crippen LogP contribution in [0.2, 0.25) is 0 Å². The molecule has 5 heteroatoms. The molecule has 1 atom stereocenters. The van der Waals surface area contributed by atoms with Crippen LogP contribution in [0.25, 0.3) is 5.57 Å². The fraction of sp³-hybridized carbons (Fsp3) is 0.250. The Morgan fingerprint density at radius 1 is 1.36 bits per heavy atom. The number of carboxylic acids is 1. The first-order valence-electron chi connectivity index (χ1n) is 8.06. The standard InChI is InChI=1S/C20H19NO4/c1-13-6-5-11-21(17-8-4-3-7-14(13)17)18-10-9-15(20(23)24)19(25-2)16(18)12-22/h3-4,7-10,19H,1,5-6,11H2,2H3,(H,23,24). The van der Waals surface area contributed by atoms with E-state index in [-0.39, 0.29) is 11.1 Å². The maximum atomic E-state index is 11.7. The maximum absolute atomic E-state index is 11.7.